The number of benzene rings is 1. The molecule has 1 aromatic rings. The van der Waals surface area contributed by atoms with Gasteiger partial charge in [-0.15, -0.1) is 0 Å². The van der Waals surface area contributed by atoms with E-state index in [1.54, 1.807) is 7.11 Å². The molecule has 0 N–H and O–H groups in total. The average molecular weight is 417 g/mol. The van der Waals surface area contributed by atoms with Crippen molar-refractivity contribution in [3.8, 4) is 0 Å². The lowest BCUT2D eigenvalue weighted by Crippen LogP contribution is -2.57. The molecule has 0 radical (unpaired) electrons. The standard InChI is InChI=1S/C23H32N2O5/c1-15-13-16(2)19(17(3)14-15)20-21(26)23(7-9-24(28-4)10-8-23)25(22(20)27)30-18-5-11-29-12-6-18/h13-14,18,20H,5-12H2,1-4H3. The highest BCUT2D eigenvalue weighted by Crippen LogP contribution is 2.45. The molecule has 3 heterocycles. The monoisotopic (exact) mass is 416 g/mol. The van der Waals surface area contributed by atoms with Gasteiger partial charge in [-0.05, 0) is 63.1 Å². The van der Waals surface area contributed by atoms with Crippen LogP contribution in [-0.2, 0) is 24.0 Å². The summed E-state index contributed by atoms with van der Waals surface area (Å²) in [6.45, 7) is 8.40. The zero-order valence-corrected chi connectivity index (χ0v) is 18.4. The first kappa shape index (κ1) is 21.4. The summed E-state index contributed by atoms with van der Waals surface area (Å²) in [4.78, 5) is 39.3. The number of carbonyl (C=O) groups excluding carboxylic acids is 2. The number of Topliss-reactive ketones (excluding diaryl/α,β-unsaturated/α-hetero) is 1. The molecular weight excluding hydrogens is 384 g/mol. The van der Waals surface area contributed by atoms with Crippen LogP contribution in [0, 0.1) is 20.8 Å². The van der Waals surface area contributed by atoms with E-state index in [9.17, 15) is 9.59 Å². The molecule has 0 aromatic heterocycles. The first-order chi connectivity index (χ1) is 14.4. The van der Waals surface area contributed by atoms with Gasteiger partial charge >= 0.3 is 0 Å². The molecule has 164 valence electrons. The molecule has 1 spiro atoms. The number of piperidine rings is 1. The van der Waals surface area contributed by atoms with Gasteiger partial charge in [0.1, 0.15) is 11.5 Å². The lowest BCUT2D eigenvalue weighted by Gasteiger charge is -2.42. The summed E-state index contributed by atoms with van der Waals surface area (Å²) in [5.74, 6) is -1.07. The van der Waals surface area contributed by atoms with Crippen molar-refractivity contribution in [2.75, 3.05) is 33.4 Å². The van der Waals surface area contributed by atoms with Crippen LogP contribution in [0.25, 0.3) is 0 Å². The fourth-order valence-corrected chi connectivity index (χ4v) is 5.28. The van der Waals surface area contributed by atoms with Crippen LogP contribution in [0.4, 0.5) is 0 Å². The molecule has 1 aromatic carbocycles. The molecule has 30 heavy (non-hydrogen) atoms. The highest BCUT2D eigenvalue weighted by Gasteiger charge is 2.61. The van der Waals surface area contributed by atoms with Crippen LogP contribution in [-0.4, -0.2) is 66.9 Å². The van der Waals surface area contributed by atoms with Gasteiger partial charge in [-0.2, -0.15) is 5.06 Å². The molecule has 1 amide bonds. The molecule has 7 heteroatoms. The maximum atomic E-state index is 13.9. The molecule has 3 saturated heterocycles. The van der Waals surface area contributed by atoms with Gasteiger partial charge < -0.3 is 9.57 Å². The summed E-state index contributed by atoms with van der Waals surface area (Å²) >= 11 is 0. The second-order valence-corrected chi connectivity index (χ2v) is 8.80. The van der Waals surface area contributed by atoms with Crippen molar-refractivity contribution in [3.63, 3.8) is 0 Å². The number of hydrogen-bond donors (Lipinski definition) is 0. The smallest absolute Gasteiger partial charge is 0.262 e. The Hall–Kier alpha value is -1.80. The fourth-order valence-electron chi connectivity index (χ4n) is 5.28. The average Bonchev–Trinajstić information content (AvgIpc) is 2.91. The van der Waals surface area contributed by atoms with Gasteiger partial charge in [-0.3, -0.25) is 14.4 Å². The van der Waals surface area contributed by atoms with Crippen LogP contribution >= 0.6 is 0 Å². The number of hydrogen-bond acceptors (Lipinski definition) is 6. The van der Waals surface area contributed by atoms with Gasteiger partial charge in [0, 0.05) is 26.3 Å². The van der Waals surface area contributed by atoms with E-state index < -0.39 is 11.5 Å². The Balaban J connectivity index is 1.72. The number of carbonyl (C=O) groups is 2. The third kappa shape index (κ3) is 3.58. The van der Waals surface area contributed by atoms with Crippen molar-refractivity contribution in [1.29, 1.82) is 0 Å². The van der Waals surface area contributed by atoms with Crippen LogP contribution in [0.5, 0.6) is 0 Å². The maximum absolute atomic E-state index is 13.9. The van der Waals surface area contributed by atoms with Crippen LogP contribution in [0.1, 0.15) is 53.9 Å². The minimum atomic E-state index is -0.932. The Morgan fingerprint density at radius 2 is 1.63 bits per heavy atom. The van der Waals surface area contributed by atoms with Gasteiger partial charge in [0.15, 0.2) is 5.78 Å². The summed E-state index contributed by atoms with van der Waals surface area (Å²) in [7, 11) is 1.64. The molecule has 4 rings (SSSR count). The second kappa shape index (κ2) is 8.38. The third-order valence-electron chi connectivity index (χ3n) is 6.81. The van der Waals surface area contributed by atoms with E-state index in [2.05, 4.69) is 0 Å². The highest BCUT2D eigenvalue weighted by atomic mass is 16.7. The van der Waals surface area contributed by atoms with Crippen molar-refractivity contribution in [1.82, 2.24) is 10.1 Å². The molecule has 3 aliphatic heterocycles. The summed E-state index contributed by atoms with van der Waals surface area (Å²) in [6, 6.07) is 4.09. The van der Waals surface area contributed by atoms with Gasteiger partial charge in [0.25, 0.3) is 5.91 Å². The summed E-state index contributed by atoms with van der Waals surface area (Å²) in [5, 5.41) is 3.30. The number of ether oxygens (including phenoxy) is 1. The number of rotatable bonds is 4. The van der Waals surface area contributed by atoms with Crippen molar-refractivity contribution < 1.29 is 24.0 Å². The fraction of sp³-hybridized carbons (Fsp3) is 0.652. The summed E-state index contributed by atoms with van der Waals surface area (Å²) in [6.07, 6.45) is 2.37. The third-order valence-corrected chi connectivity index (χ3v) is 6.81. The largest absolute Gasteiger partial charge is 0.381 e. The Kier molecular flexibility index (Phi) is 5.99. The maximum Gasteiger partial charge on any atom is 0.262 e. The summed E-state index contributed by atoms with van der Waals surface area (Å²) < 4.78 is 5.44. The summed E-state index contributed by atoms with van der Waals surface area (Å²) in [5.41, 5.74) is 3.00. The zero-order valence-electron chi connectivity index (χ0n) is 18.4. The lowest BCUT2D eigenvalue weighted by molar-refractivity contribution is -0.255. The van der Waals surface area contributed by atoms with E-state index in [-0.39, 0.29) is 17.8 Å². The predicted octanol–water partition coefficient (Wildman–Crippen LogP) is 2.61. The molecule has 3 fully saturated rings. The Morgan fingerprint density at radius 3 is 2.20 bits per heavy atom. The van der Waals surface area contributed by atoms with E-state index in [1.807, 2.05) is 38.0 Å². The van der Waals surface area contributed by atoms with Gasteiger partial charge in [0.05, 0.1) is 13.2 Å². The van der Waals surface area contributed by atoms with E-state index in [0.29, 0.717) is 39.1 Å². The van der Waals surface area contributed by atoms with Crippen molar-refractivity contribution in [2.45, 2.75) is 64.0 Å². The normalized spacial score (nSPS) is 25.5. The lowest BCUT2D eigenvalue weighted by atomic mass is 9.79. The number of amides is 1. The molecule has 7 nitrogen and oxygen atoms in total. The Morgan fingerprint density at radius 1 is 1.03 bits per heavy atom. The van der Waals surface area contributed by atoms with Crippen molar-refractivity contribution >= 4 is 11.7 Å². The van der Waals surface area contributed by atoms with Crippen LogP contribution < -0.4 is 0 Å². The van der Waals surface area contributed by atoms with E-state index in [4.69, 9.17) is 14.4 Å². The SMILES string of the molecule is CON1CCC2(CC1)C(=O)C(c1c(C)cc(C)cc1C)C(=O)N2OC1CCOCC1. The quantitative estimate of drug-likeness (QED) is 0.703. The molecule has 0 saturated carbocycles. The topological polar surface area (TPSA) is 68.3 Å². The number of hydroxylamine groups is 4. The van der Waals surface area contributed by atoms with Crippen molar-refractivity contribution in [3.05, 3.63) is 34.4 Å². The van der Waals surface area contributed by atoms with E-state index in [0.717, 1.165) is 35.1 Å². The molecule has 1 unspecified atom stereocenters. The minimum Gasteiger partial charge on any atom is -0.381 e. The molecule has 0 bridgehead atoms. The second-order valence-electron chi connectivity index (χ2n) is 8.80. The van der Waals surface area contributed by atoms with Gasteiger partial charge in [-0.1, -0.05) is 17.7 Å². The van der Waals surface area contributed by atoms with Crippen molar-refractivity contribution in [2.24, 2.45) is 0 Å². The van der Waals surface area contributed by atoms with Crippen LogP contribution in [0.3, 0.4) is 0 Å². The first-order valence-corrected chi connectivity index (χ1v) is 10.9. The number of aryl methyl sites for hydroxylation is 3. The predicted molar refractivity (Wildman–Crippen MR) is 111 cm³/mol. The Labute approximate surface area is 178 Å². The van der Waals surface area contributed by atoms with Crippen LogP contribution in [0.2, 0.25) is 0 Å². The molecule has 3 aliphatic rings. The highest BCUT2D eigenvalue weighted by molar-refractivity contribution is 6.17. The van der Waals surface area contributed by atoms with Gasteiger partial charge in [-0.25, -0.2) is 5.06 Å². The minimum absolute atomic E-state index is 0.0367. The number of nitrogens with zero attached hydrogens (tertiary/aromatic N) is 2. The van der Waals surface area contributed by atoms with E-state index >= 15 is 0 Å². The van der Waals surface area contributed by atoms with Gasteiger partial charge in [0.2, 0.25) is 0 Å². The van der Waals surface area contributed by atoms with Crippen LogP contribution in [0.15, 0.2) is 12.1 Å². The first-order valence-electron chi connectivity index (χ1n) is 10.9. The molecular formula is C23H32N2O5. The van der Waals surface area contributed by atoms with E-state index in [1.165, 1.54) is 5.06 Å². The molecule has 0 aliphatic carbocycles. The number of ketones is 1. The Bertz CT molecular complexity index is 802. The molecule has 1 atom stereocenters. The zero-order chi connectivity index (χ0) is 21.5.